The van der Waals surface area contributed by atoms with E-state index in [1.54, 1.807) is 18.2 Å². The summed E-state index contributed by atoms with van der Waals surface area (Å²) in [5.74, 6) is 0.889. The molecule has 2 aliphatic heterocycles. The number of hydrogen-bond acceptors (Lipinski definition) is 5. The number of hydrogen-bond donors (Lipinski definition) is 3. The van der Waals surface area contributed by atoms with E-state index in [2.05, 4.69) is 10.6 Å². The van der Waals surface area contributed by atoms with Gasteiger partial charge < -0.3 is 24.4 Å². The number of carbonyl (C=O) groups is 2. The molecule has 0 bridgehead atoms. The van der Waals surface area contributed by atoms with Crippen LogP contribution in [0.25, 0.3) is 0 Å². The lowest BCUT2D eigenvalue weighted by molar-refractivity contribution is -0.907. The smallest absolute Gasteiger partial charge is 0.326 e. The lowest BCUT2D eigenvalue weighted by Crippen LogP contribution is -3.16. The Morgan fingerprint density at radius 3 is 2.62 bits per heavy atom. The Morgan fingerprint density at radius 2 is 1.88 bits per heavy atom. The first-order valence-electron chi connectivity index (χ1n) is 7.99. The van der Waals surface area contributed by atoms with Gasteiger partial charge in [-0.05, 0) is 26.0 Å². The Balaban J connectivity index is 1.48. The molecule has 0 aliphatic carbocycles. The first kappa shape index (κ1) is 16.5. The van der Waals surface area contributed by atoms with Crippen LogP contribution in [0.4, 0.5) is 10.5 Å². The molecule has 1 aromatic carbocycles. The number of ether oxygens (including phenoxy) is 3. The van der Waals surface area contributed by atoms with Crippen molar-refractivity contribution in [3.8, 4) is 11.5 Å². The molecule has 1 unspecified atom stereocenters. The molecule has 8 nitrogen and oxygen atoms in total. The predicted octanol–water partition coefficient (Wildman–Crippen LogP) is -0.244. The lowest BCUT2D eigenvalue weighted by Gasteiger charge is -2.31. The molecule has 3 atom stereocenters. The number of nitrogens with one attached hydrogen (secondary N) is 3. The highest BCUT2D eigenvalue weighted by atomic mass is 16.7. The third kappa shape index (κ3) is 4.15. The van der Waals surface area contributed by atoms with Crippen LogP contribution < -0.4 is 25.0 Å². The normalized spacial score (nSPS) is 25.2. The zero-order valence-electron chi connectivity index (χ0n) is 13.8. The van der Waals surface area contributed by atoms with E-state index in [1.165, 1.54) is 0 Å². The average molecular weight is 336 g/mol. The second-order valence-corrected chi connectivity index (χ2v) is 6.16. The van der Waals surface area contributed by atoms with Crippen molar-refractivity contribution in [1.82, 2.24) is 5.32 Å². The van der Waals surface area contributed by atoms with Crippen LogP contribution in [0.1, 0.15) is 13.8 Å². The minimum atomic E-state index is -0.562. The highest BCUT2D eigenvalue weighted by Gasteiger charge is 2.27. The van der Waals surface area contributed by atoms with Crippen LogP contribution in [0.3, 0.4) is 0 Å². The van der Waals surface area contributed by atoms with Crippen LogP contribution in [-0.4, -0.2) is 50.6 Å². The maximum Gasteiger partial charge on any atom is 0.326 e. The average Bonchev–Trinajstić information content (AvgIpc) is 2.93. The zero-order valence-corrected chi connectivity index (χ0v) is 13.8. The molecule has 1 aromatic rings. The maximum absolute atomic E-state index is 12.0. The van der Waals surface area contributed by atoms with E-state index in [4.69, 9.17) is 14.2 Å². The first-order chi connectivity index (χ1) is 11.5. The van der Waals surface area contributed by atoms with Crippen LogP contribution in [0.2, 0.25) is 0 Å². The molecule has 1 saturated heterocycles. The third-order valence-corrected chi connectivity index (χ3v) is 3.91. The highest BCUT2D eigenvalue weighted by molar-refractivity contribution is 6.01. The van der Waals surface area contributed by atoms with Gasteiger partial charge in [0.1, 0.15) is 25.3 Å². The molecule has 0 aromatic heterocycles. The number of carbonyl (C=O) groups excluding carboxylic acids is 2. The van der Waals surface area contributed by atoms with Crippen LogP contribution in [0.5, 0.6) is 11.5 Å². The minimum Gasteiger partial charge on any atom is -0.454 e. The van der Waals surface area contributed by atoms with Crippen molar-refractivity contribution in [2.75, 3.05) is 31.7 Å². The number of fused-ring (bicyclic) bond motifs is 1. The summed E-state index contributed by atoms with van der Waals surface area (Å²) in [5, 5.41) is 4.97. The molecule has 3 amide bonds. The van der Waals surface area contributed by atoms with Gasteiger partial charge in [0.15, 0.2) is 18.0 Å². The number of imide groups is 1. The molecule has 1 fully saturated rings. The minimum absolute atomic E-state index is 0.110. The van der Waals surface area contributed by atoms with Gasteiger partial charge in [0.25, 0.3) is 5.91 Å². The molecule has 2 heterocycles. The molecule has 3 N–H and O–H groups in total. The summed E-state index contributed by atoms with van der Waals surface area (Å²) in [4.78, 5) is 25.1. The summed E-state index contributed by atoms with van der Waals surface area (Å²) < 4.78 is 16.1. The van der Waals surface area contributed by atoms with E-state index in [1.807, 2.05) is 13.8 Å². The number of morpholine rings is 1. The summed E-state index contributed by atoms with van der Waals surface area (Å²) in [6, 6.07) is 4.49. The van der Waals surface area contributed by atoms with E-state index >= 15 is 0 Å². The number of urea groups is 1. The van der Waals surface area contributed by atoms with Crippen LogP contribution in [-0.2, 0) is 9.53 Å². The maximum atomic E-state index is 12.0. The number of amides is 3. The first-order valence-corrected chi connectivity index (χ1v) is 7.99. The van der Waals surface area contributed by atoms with E-state index < -0.39 is 6.03 Å². The lowest BCUT2D eigenvalue weighted by atomic mass is 10.2. The molecular weight excluding hydrogens is 314 g/mol. The van der Waals surface area contributed by atoms with E-state index in [0.717, 1.165) is 18.0 Å². The van der Waals surface area contributed by atoms with Crippen LogP contribution in [0, 0.1) is 0 Å². The number of benzene rings is 1. The van der Waals surface area contributed by atoms with Gasteiger partial charge in [-0.25, -0.2) is 4.79 Å². The van der Waals surface area contributed by atoms with Crippen molar-refractivity contribution < 1.29 is 28.7 Å². The fourth-order valence-electron chi connectivity index (χ4n) is 3.07. The largest absolute Gasteiger partial charge is 0.454 e. The number of rotatable bonds is 3. The number of anilines is 1. The SMILES string of the molecule is C[C@@H]1C[NH+](CC(=O)NC(=O)Nc2ccc3c(c2)OCO3)C[C@H](C)O1. The Kier molecular flexibility index (Phi) is 4.86. The molecule has 0 radical (unpaired) electrons. The predicted molar refractivity (Wildman–Crippen MR) is 85.3 cm³/mol. The van der Waals surface area contributed by atoms with Crippen molar-refractivity contribution in [1.29, 1.82) is 0 Å². The molecule has 0 saturated carbocycles. The van der Waals surface area contributed by atoms with Crippen molar-refractivity contribution >= 4 is 17.6 Å². The van der Waals surface area contributed by atoms with Gasteiger partial charge in [0.2, 0.25) is 6.79 Å². The van der Waals surface area contributed by atoms with Gasteiger partial charge in [-0.1, -0.05) is 0 Å². The molecule has 0 spiro atoms. The Bertz CT molecular complexity index is 626. The summed E-state index contributed by atoms with van der Waals surface area (Å²) in [6.07, 6.45) is 0.220. The molecule has 2 aliphatic rings. The third-order valence-electron chi connectivity index (χ3n) is 3.91. The Labute approximate surface area is 140 Å². The standard InChI is InChI=1S/C16H21N3O5/c1-10-6-19(7-11(2)24-10)8-15(20)18-16(21)17-12-3-4-13-14(5-12)23-9-22-13/h3-5,10-11H,6-9H2,1-2H3,(H2,17,18,20,21)/p+1/t10-,11+. The van der Waals surface area contributed by atoms with E-state index in [9.17, 15) is 9.59 Å². The van der Waals surface area contributed by atoms with Gasteiger partial charge in [0, 0.05) is 11.8 Å². The molecule has 130 valence electrons. The summed E-state index contributed by atoms with van der Waals surface area (Å²) in [7, 11) is 0. The second kappa shape index (κ2) is 7.06. The Hall–Kier alpha value is -2.32. The van der Waals surface area contributed by atoms with Crippen LogP contribution >= 0.6 is 0 Å². The van der Waals surface area contributed by atoms with Gasteiger partial charge in [0.05, 0.1) is 0 Å². The van der Waals surface area contributed by atoms with Crippen molar-refractivity contribution in [2.45, 2.75) is 26.1 Å². The van der Waals surface area contributed by atoms with Crippen molar-refractivity contribution in [3.63, 3.8) is 0 Å². The van der Waals surface area contributed by atoms with Gasteiger partial charge in [-0.3, -0.25) is 10.1 Å². The molecule has 8 heteroatoms. The molecule has 3 rings (SSSR count). The summed E-state index contributed by atoms with van der Waals surface area (Å²) in [5.41, 5.74) is 0.533. The number of quaternary nitrogens is 1. The molecule has 24 heavy (non-hydrogen) atoms. The topological polar surface area (TPSA) is 90.3 Å². The van der Waals surface area contributed by atoms with Crippen molar-refractivity contribution in [3.05, 3.63) is 18.2 Å². The quantitative estimate of drug-likeness (QED) is 0.709. The van der Waals surface area contributed by atoms with Gasteiger partial charge in [-0.2, -0.15) is 0 Å². The summed E-state index contributed by atoms with van der Waals surface area (Å²) >= 11 is 0. The van der Waals surface area contributed by atoms with Gasteiger partial charge >= 0.3 is 6.03 Å². The fourth-order valence-corrected chi connectivity index (χ4v) is 3.07. The fraction of sp³-hybridized carbons (Fsp3) is 0.500. The van der Waals surface area contributed by atoms with E-state index in [0.29, 0.717) is 17.2 Å². The summed E-state index contributed by atoms with van der Waals surface area (Å²) in [6.45, 7) is 5.89. The highest BCUT2D eigenvalue weighted by Crippen LogP contribution is 2.34. The van der Waals surface area contributed by atoms with Crippen LogP contribution in [0.15, 0.2) is 18.2 Å². The van der Waals surface area contributed by atoms with Crippen molar-refractivity contribution in [2.24, 2.45) is 0 Å². The Morgan fingerprint density at radius 1 is 1.17 bits per heavy atom. The molecular formula is C16H22N3O5+. The van der Waals surface area contributed by atoms with Gasteiger partial charge in [-0.15, -0.1) is 0 Å². The van der Waals surface area contributed by atoms with E-state index in [-0.39, 0.29) is 31.5 Å². The second-order valence-electron chi connectivity index (χ2n) is 6.16. The monoisotopic (exact) mass is 336 g/mol. The zero-order chi connectivity index (χ0) is 17.1.